The van der Waals surface area contributed by atoms with Crippen LogP contribution in [0.2, 0.25) is 5.02 Å². The van der Waals surface area contributed by atoms with Crippen LogP contribution in [-0.2, 0) is 4.79 Å². The predicted octanol–water partition coefficient (Wildman–Crippen LogP) is 5.36. The van der Waals surface area contributed by atoms with Crippen molar-refractivity contribution in [3.05, 3.63) is 81.6 Å². The predicted molar refractivity (Wildman–Crippen MR) is 164 cm³/mol. The van der Waals surface area contributed by atoms with Crippen LogP contribution in [0.15, 0.2) is 54.0 Å². The van der Waals surface area contributed by atoms with Gasteiger partial charge in [-0.25, -0.2) is 9.37 Å². The van der Waals surface area contributed by atoms with Crippen LogP contribution in [0.3, 0.4) is 0 Å². The lowest BCUT2D eigenvalue weighted by molar-refractivity contribution is -0.127. The second kappa shape index (κ2) is 10.7. The minimum absolute atomic E-state index is 0.00627. The normalized spacial score (nSPS) is 17.9. The van der Waals surface area contributed by atoms with Crippen molar-refractivity contribution in [3.8, 4) is 28.4 Å². The maximum Gasteiger partial charge on any atom is 0.301 e. The molecule has 0 aliphatic carbocycles. The SMILES string of the molecule is C=CC(=O)N1CC(C)N2c3c(c(=O)n(-c4c(C)ccnc4C(C)C)c4nc(-c5c(O)cccc5F)c(Cl)cc34)OCC2C1. The Bertz CT molecular complexity index is 1850. The summed E-state index contributed by atoms with van der Waals surface area (Å²) in [6.07, 6.45) is 2.99. The maximum atomic E-state index is 15.1. The van der Waals surface area contributed by atoms with Gasteiger partial charge in [0, 0.05) is 30.7 Å². The summed E-state index contributed by atoms with van der Waals surface area (Å²) in [5.41, 5.74) is 2.11. The smallest absolute Gasteiger partial charge is 0.301 e. The zero-order valence-corrected chi connectivity index (χ0v) is 25.0. The van der Waals surface area contributed by atoms with Crippen LogP contribution in [0, 0.1) is 12.7 Å². The van der Waals surface area contributed by atoms with E-state index in [4.69, 9.17) is 21.3 Å². The summed E-state index contributed by atoms with van der Waals surface area (Å²) >= 11 is 6.81. The van der Waals surface area contributed by atoms with Crippen LogP contribution in [-0.4, -0.2) is 62.2 Å². The standard InChI is InChI=1S/C32H31ClFN5O4/c1-6-24(41)37-13-18(5)38-19(14-37)15-43-30-29(38)20-12-21(33)27(25-22(34)8-7-9-23(25)40)36-31(20)39(32(30)42)28-17(4)10-11-35-26(28)16(2)3/h6-12,16,18-19,40H,1,13-15H2,2-5H3. The van der Waals surface area contributed by atoms with Gasteiger partial charge in [-0.1, -0.05) is 38.1 Å². The average Bonchev–Trinajstić information content (AvgIpc) is 2.97. The van der Waals surface area contributed by atoms with Gasteiger partial charge < -0.3 is 19.6 Å². The molecule has 9 nitrogen and oxygen atoms in total. The summed E-state index contributed by atoms with van der Waals surface area (Å²) in [7, 11) is 0. The summed E-state index contributed by atoms with van der Waals surface area (Å²) in [6, 6.07) is 6.96. The number of carbonyl (C=O) groups is 1. The number of fused-ring (bicyclic) bond motifs is 5. The van der Waals surface area contributed by atoms with E-state index in [1.807, 2.05) is 33.8 Å². The number of carbonyl (C=O) groups excluding carboxylic acids is 1. The number of phenolic OH excluding ortho intramolecular Hbond substituents is 1. The third kappa shape index (κ3) is 4.52. The molecular formula is C32H31ClFN5O4. The molecular weight excluding hydrogens is 573 g/mol. The van der Waals surface area contributed by atoms with Gasteiger partial charge in [-0.3, -0.25) is 19.1 Å². The topological polar surface area (TPSA) is 101 Å². The van der Waals surface area contributed by atoms with E-state index in [0.29, 0.717) is 35.5 Å². The van der Waals surface area contributed by atoms with Crippen LogP contribution in [0.1, 0.15) is 37.9 Å². The Balaban J connectivity index is 1.71. The van der Waals surface area contributed by atoms with Crippen LogP contribution < -0.4 is 15.2 Å². The number of piperazine rings is 1. The molecule has 1 N–H and O–H groups in total. The number of nitrogens with zero attached hydrogens (tertiary/aromatic N) is 5. The number of aromatic nitrogens is 3. The van der Waals surface area contributed by atoms with Crippen molar-refractivity contribution < 1.29 is 19.0 Å². The number of rotatable bonds is 4. The van der Waals surface area contributed by atoms with Gasteiger partial charge in [-0.05, 0) is 55.7 Å². The number of phenols is 1. The Hall–Kier alpha value is -4.44. The molecule has 2 unspecified atom stereocenters. The number of benzene rings is 1. The van der Waals surface area contributed by atoms with E-state index >= 15 is 4.39 Å². The number of anilines is 1. The molecule has 3 aromatic heterocycles. The number of halogens is 2. The van der Waals surface area contributed by atoms with Gasteiger partial charge >= 0.3 is 5.56 Å². The zero-order valence-electron chi connectivity index (χ0n) is 24.3. The molecule has 0 spiro atoms. The van der Waals surface area contributed by atoms with Gasteiger partial charge in [0.2, 0.25) is 11.7 Å². The first-order valence-corrected chi connectivity index (χ1v) is 14.5. The molecule has 1 saturated heterocycles. The zero-order chi connectivity index (χ0) is 30.7. The van der Waals surface area contributed by atoms with Gasteiger partial charge in [0.05, 0.1) is 39.4 Å². The minimum atomic E-state index is -0.707. The summed E-state index contributed by atoms with van der Waals surface area (Å²) in [5, 5.41) is 11.2. The maximum absolute atomic E-state index is 15.1. The lowest BCUT2D eigenvalue weighted by Crippen LogP contribution is -2.62. The Morgan fingerprint density at radius 3 is 2.72 bits per heavy atom. The summed E-state index contributed by atoms with van der Waals surface area (Å²) < 4.78 is 22.8. The quantitative estimate of drug-likeness (QED) is 0.313. The highest BCUT2D eigenvalue weighted by Gasteiger charge is 2.41. The van der Waals surface area contributed by atoms with Gasteiger partial charge in [-0.15, -0.1) is 0 Å². The first-order valence-electron chi connectivity index (χ1n) is 14.1. The molecule has 1 fully saturated rings. The lowest BCUT2D eigenvalue weighted by atomic mass is 10.00. The van der Waals surface area contributed by atoms with Gasteiger partial charge in [0.25, 0.3) is 0 Å². The summed E-state index contributed by atoms with van der Waals surface area (Å²) in [4.78, 5) is 40.3. The molecule has 1 aromatic carbocycles. The first-order chi connectivity index (χ1) is 20.5. The third-order valence-corrected chi connectivity index (χ3v) is 8.43. The van der Waals surface area contributed by atoms with Crippen LogP contribution in [0.4, 0.5) is 10.1 Å². The van der Waals surface area contributed by atoms with E-state index in [9.17, 15) is 14.7 Å². The monoisotopic (exact) mass is 603 g/mol. The highest BCUT2D eigenvalue weighted by molar-refractivity contribution is 6.34. The molecule has 2 aliphatic rings. The number of hydrogen-bond donors (Lipinski definition) is 1. The highest BCUT2D eigenvalue weighted by atomic mass is 35.5. The van der Waals surface area contributed by atoms with Crippen molar-refractivity contribution >= 4 is 34.2 Å². The Labute approximate surface area is 252 Å². The van der Waals surface area contributed by atoms with E-state index < -0.39 is 11.4 Å². The second-order valence-corrected chi connectivity index (χ2v) is 11.7. The molecule has 11 heteroatoms. The van der Waals surface area contributed by atoms with Gasteiger partial charge in [0.1, 0.15) is 18.2 Å². The highest BCUT2D eigenvalue weighted by Crippen LogP contribution is 2.44. The number of aryl methyl sites for hydroxylation is 1. The number of pyridine rings is 3. The number of hydrogen-bond acceptors (Lipinski definition) is 7. The first kappa shape index (κ1) is 28.7. The fraction of sp³-hybridized carbons (Fsp3) is 0.312. The molecule has 2 atom stereocenters. The average molecular weight is 604 g/mol. The minimum Gasteiger partial charge on any atom is -0.507 e. The van der Waals surface area contributed by atoms with E-state index in [-0.39, 0.29) is 63.9 Å². The van der Waals surface area contributed by atoms with Crippen molar-refractivity contribution in [1.29, 1.82) is 0 Å². The largest absolute Gasteiger partial charge is 0.507 e. The number of amides is 1. The fourth-order valence-electron chi connectivity index (χ4n) is 6.25. The van der Waals surface area contributed by atoms with Gasteiger partial charge in [-0.2, -0.15) is 0 Å². The van der Waals surface area contributed by atoms with E-state index in [0.717, 1.165) is 5.56 Å². The van der Waals surface area contributed by atoms with E-state index in [1.54, 1.807) is 17.2 Å². The third-order valence-electron chi connectivity index (χ3n) is 8.14. The fourth-order valence-corrected chi connectivity index (χ4v) is 6.50. The second-order valence-electron chi connectivity index (χ2n) is 11.3. The molecule has 2 aliphatic heterocycles. The Morgan fingerprint density at radius 2 is 2.02 bits per heavy atom. The molecule has 0 bridgehead atoms. The van der Waals surface area contributed by atoms with Gasteiger partial charge in [0.15, 0.2) is 5.65 Å². The molecule has 0 saturated carbocycles. The van der Waals surface area contributed by atoms with Crippen molar-refractivity contribution in [2.45, 2.75) is 45.7 Å². The number of aromatic hydroxyl groups is 1. The Kier molecular flexibility index (Phi) is 7.12. The molecule has 1 amide bonds. The molecule has 43 heavy (non-hydrogen) atoms. The summed E-state index contributed by atoms with van der Waals surface area (Å²) in [5.74, 6) is -1.13. The molecule has 4 aromatic rings. The van der Waals surface area contributed by atoms with E-state index in [2.05, 4.69) is 16.5 Å². The molecule has 5 heterocycles. The molecule has 222 valence electrons. The summed E-state index contributed by atoms with van der Waals surface area (Å²) in [6.45, 7) is 12.4. The molecule has 6 rings (SSSR count). The van der Waals surface area contributed by atoms with Crippen molar-refractivity contribution in [2.75, 3.05) is 24.6 Å². The number of ether oxygens (including phenoxy) is 1. The lowest BCUT2D eigenvalue weighted by Gasteiger charge is -2.49. The van der Waals surface area contributed by atoms with Crippen LogP contribution in [0.25, 0.3) is 28.0 Å². The molecule has 0 radical (unpaired) electrons. The Morgan fingerprint density at radius 1 is 1.26 bits per heavy atom. The van der Waals surface area contributed by atoms with Crippen molar-refractivity contribution in [2.24, 2.45) is 0 Å². The van der Waals surface area contributed by atoms with Crippen LogP contribution in [0.5, 0.6) is 11.5 Å². The van der Waals surface area contributed by atoms with E-state index in [1.165, 1.54) is 28.8 Å². The van der Waals surface area contributed by atoms with Crippen molar-refractivity contribution in [3.63, 3.8) is 0 Å². The van der Waals surface area contributed by atoms with Crippen molar-refractivity contribution in [1.82, 2.24) is 19.4 Å². The van der Waals surface area contributed by atoms with Crippen LogP contribution >= 0.6 is 11.6 Å².